The van der Waals surface area contributed by atoms with E-state index in [4.69, 9.17) is 4.99 Å². The molecule has 0 bridgehead atoms. The number of aryl methyl sites for hydroxylation is 2. The average molecular weight is 512 g/mol. The van der Waals surface area contributed by atoms with Gasteiger partial charge >= 0.3 is 0 Å². The Morgan fingerprint density at radius 1 is 1.08 bits per heavy atom. The largest absolute Gasteiger partial charge is 0.337 e. The molecule has 0 atom stereocenters. The first-order chi connectivity index (χ1) is 18.3. The topological polar surface area (TPSA) is 52.9 Å². The normalized spacial score (nSPS) is 15.1. The minimum absolute atomic E-state index is 0.167. The molecule has 0 fully saturated rings. The molecule has 200 valence electrons. The van der Waals surface area contributed by atoms with Gasteiger partial charge in [0.1, 0.15) is 11.7 Å². The summed E-state index contributed by atoms with van der Waals surface area (Å²) in [6.07, 6.45) is 3.90. The number of aliphatic imine (C=N–C) groups is 1. The van der Waals surface area contributed by atoms with Gasteiger partial charge in [-0.2, -0.15) is 0 Å². The highest BCUT2D eigenvalue weighted by atomic mass is 16.2. The fourth-order valence-corrected chi connectivity index (χ4v) is 5.13. The van der Waals surface area contributed by atoms with Gasteiger partial charge in [0.15, 0.2) is 0 Å². The van der Waals surface area contributed by atoms with E-state index < -0.39 is 0 Å². The van der Waals surface area contributed by atoms with Crippen LogP contribution in [0.3, 0.4) is 0 Å². The molecule has 0 saturated carbocycles. The highest BCUT2D eigenvalue weighted by Gasteiger charge is 2.24. The maximum atomic E-state index is 12.8. The van der Waals surface area contributed by atoms with Crippen LogP contribution in [0.25, 0.3) is 16.7 Å². The third kappa shape index (κ3) is 6.25. The number of hydrogen-bond donors (Lipinski definition) is 1. The third-order valence-corrected chi connectivity index (χ3v) is 7.06. The van der Waals surface area contributed by atoms with Crippen molar-refractivity contribution in [2.24, 2.45) is 4.99 Å². The molecule has 0 saturated heterocycles. The summed E-state index contributed by atoms with van der Waals surface area (Å²) in [5.41, 5.74) is 7.19. The summed E-state index contributed by atoms with van der Waals surface area (Å²) in [5.74, 6) is 2.07. The summed E-state index contributed by atoms with van der Waals surface area (Å²) in [7, 11) is 3.87. The van der Waals surface area contributed by atoms with Gasteiger partial charge in [-0.1, -0.05) is 49.4 Å². The number of amidine groups is 1. The van der Waals surface area contributed by atoms with E-state index in [0.29, 0.717) is 26.2 Å². The SMILES string of the molecule is CC/C=C(/NC(=NCc1ccccc1)C1=C(C)CN(C(=O)CN(C)C)CC1)n1c(C)cc2c(C)cccc21. The molecule has 1 N–H and O–H groups in total. The number of nitrogens with zero attached hydrogens (tertiary/aromatic N) is 4. The van der Waals surface area contributed by atoms with Crippen LogP contribution >= 0.6 is 0 Å². The van der Waals surface area contributed by atoms with Crippen molar-refractivity contribution in [3.05, 3.63) is 88.6 Å². The Labute approximate surface area is 227 Å². The van der Waals surface area contributed by atoms with Crippen LogP contribution in [0.2, 0.25) is 0 Å². The number of allylic oxidation sites excluding steroid dienone is 1. The second kappa shape index (κ2) is 12.3. The van der Waals surface area contributed by atoms with E-state index in [2.05, 4.69) is 92.2 Å². The Balaban J connectivity index is 1.72. The summed E-state index contributed by atoms with van der Waals surface area (Å²) in [6.45, 7) is 11.0. The number of carbonyl (C=O) groups is 1. The van der Waals surface area contributed by atoms with Gasteiger partial charge in [0, 0.05) is 24.2 Å². The number of hydrogen-bond acceptors (Lipinski definition) is 3. The second-order valence-corrected chi connectivity index (χ2v) is 10.5. The Morgan fingerprint density at radius 3 is 2.53 bits per heavy atom. The zero-order valence-corrected chi connectivity index (χ0v) is 23.7. The first-order valence-corrected chi connectivity index (χ1v) is 13.5. The molecule has 2 aromatic carbocycles. The maximum absolute atomic E-state index is 12.8. The van der Waals surface area contributed by atoms with Gasteiger partial charge in [-0.15, -0.1) is 0 Å². The summed E-state index contributed by atoms with van der Waals surface area (Å²) < 4.78 is 2.30. The fourth-order valence-electron chi connectivity index (χ4n) is 5.13. The summed E-state index contributed by atoms with van der Waals surface area (Å²) in [6, 6.07) is 19.1. The van der Waals surface area contributed by atoms with Gasteiger partial charge < -0.3 is 19.7 Å². The maximum Gasteiger partial charge on any atom is 0.237 e. The number of benzene rings is 2. The Kier molecular flexibility index (Phi) is 8.85. The molecule has 0 spiro atoms. The molecule has 6 nitrogen and oxygen atoms in total. The van der Waals surface area contributed by atoms with Gasteiger partial charge in [0.2, 0.25) is 5.91 Å². The second-order valence-electron chi connectivity index (χ2n) is 10.5. The van der Waals surface area contributed by atoms with E-state index in [9.17, 15) is 4.79 Å². The van der Waals surface area contributed by atoms with Crippen LogP contribution in [0.15, 0.2) is 76.8 Å². The first kappa shape index (κ1) is 27.4. The zero-order chi connectivity index (χ0) is 27.2. The number of carbonyl (C=O) groups excluding carboxylic acids is 1. The molecule has 2 heterocycles. The molecule has 1 aromatic heterocycles. The van der Waals surface area contributed by atoms with Crippen molar-refractivity contribution in [2.75, 3.05) is 33.7 Å². The molecule has 1 aliphatic heterocycles. The fraction of sp³-hybridized carbons (Fsp3) is 0.375. The molecule has 1 aliphatic rings. The number of rotatable bonds is 8. The van der Waals surface area contributed by atoms with E-state index >= 15 is 0 Å². The van der Waals surface area contributed by atoms with Crippen molar-refractivity contribution in [2.45, 2.75) is 47.1 Å². The van der Waals surface area contributed by atoms with E-state index in [1.807, 2.05) is 30.0 Å². The Hall–Kier alpha value is -3.64. The van der Waals surface area contributed by atoms with Crippen molar-refractivity contribution in [3.8, 4) is 0 Å². The highest BCUT2D eigenvalue weighted by molar-refractivity contribution is 6.03. The van der Waals surface area contributed by atoms with Crippen molar-refractivity contribution in [1.82, 2.24) is 19.7 Å². The van der Waals surface area contributed by atoms with Crippen LogP contribution in [0.5, 0.6) is 0 Å². The average Bonchev–Trinajstić information content (AvgIpc) is 3.23. The lowest BCUT2D eigenvalue weighted by molar-refractivity contribution is -0.131. The van der Waals surface area contributed by atoms with E-state index in [0.717, 1.165) is 24.5 Å². The Morgan fingerprint density at radius 2 is 1.84 bits per heavy atom. The first-order valence-electron chi connectivity index (χ1n) is 13.5. The van der Waals surface area contributed by atoms with Gasteiger partial charge in [-0.25, -0.2) is 0 Å². The summed E-state index contributed by atoms with van der Waals surface area (Å²) in [4.78, 5) is 21.8. The monoisotopic (exact) mass is 511 g/mol. The predicted octanol–water partition coefficient (Wildman–Crippen LogP) is 5.77. The van der Waals surface area contributed by atoms with E-state index in [-0.39, 0.29) is 5.91 Å². The van der Waals surface area contributed by atoms with Gasteiger partial charge in [-0.3, -0.25) is 9.79 Å². The van der Waals surface area contributed by atoms with Crippen LogP contribution in [0, 0.1) is 13.8 Å². The number of amides is 1. The van der Waals surface area contributed by atoms with Gasteiger partial charge in [0.05, 0.1) is 18.6 Å². The quantitative estimate of drug-likeness (QED) is 0.309. The van der Waals surface area contributed by atoms with Gasteiger partial charge in [0.25, 0.3) is 0 Å². The van der Waals surface area contributed by atoms with Crippen LogP contribution in [0.1, 0.15) is 43.5 Å². The van der Waals surface area contributed by atoms with Crippen LogP contribution in [-0.2, 0) is 11.3 Å². The molecular weight excluding hydrogens is 470 g/mol. The molecule has 0 unspecified atom stereocenters. The molecule has 6 heteroatoms. The molecular formula is C32H41N5O. The third-order valence-electron chi connectivity index (χ3n) is 7.06. The molecule has 3 aromatic rings. The lowest BCUT2D eigenvalue weighted by Crippen LogP contribution is -2.43. The molecule has 38 heavy (non-hydrogen) atoms. The van der Waals surface area contributed by atoms with Crippen LogP contribution < -0.4 is 5.32 Å². The minimum atomic E-state index is 0.167. The molecule has 4 rings (SSSR count). The smallest absolute Gasteiger partial charge is 0.237 e. The summed E-state index contributed by atoms with van der Waals surface area (Å²) in [5, 5.41) is 5.02. The van der Waals surface area contributed by atoms with E-state index in [1.165, 1.54) is 38.9 Å². The highest BCUT2D eigenvalue weighted by Crippen LogP contribution is 2.27. The van der Waals surface area contributed by atoms with Crippen LogP contribution in [-0.4, -0.2) is 59.8 Å². The lowest BCUT2D eigenvalue weighted by atomic mass is 9.99. The molecule has 0 aliphatic carbocycles. The zero-order valence-electron chi connectivity index (χ0n) is 23.7. The number of nitrogens with one attached hydrogen (secondary N) is 1. The molecule has 1 amide bonds. The van der Waals surface area contributed by atoms with E-state index in [1.54, 1.807) is 0 Å². The van der Waals surface area contributed by atoms with Crippen molar-refractivity contribution in [3.63, 3.8) is 0 Å². The van der Waals surface area contributed by atoms with Crippen molar-refractivity contribution in [1.29, 1.82) is 0 Å². The Bertz CT molecular complexity index is 1380. The van der Waals surface area contributed by atoms with Gasteiger partial charge in [-0.05, 0) is 88.2 Å². The molecule has 0 radical (unpaired) electrons. The van der Waals surface area contributed by atoms with Crippen molar-refractivity contribution < 1.29 is 4.79 Å². The summed E-state index contributed by atoms with van der Waals surface area (Å²) >= 11 is 0. The number of fused-ring (bicyclic) bond motifs is 1. The number of aromatic nitrogens is 1. The van der Waals surface area contributed by atoms with Crippen LogP contribution in [0.4, 0.5) is 0 Å². The van der Waals surface area contributed by atoms with Crippen molar-refractivity contribution >= 4 is 28.5 Å². The predicted molar refractivity (Wildman–Crippen MR) is 159 cm³/mol. The standard InChI is InChI=1S/C32H41N5O/c1-7-12-30(37-25(4)19-28-23(2)13-11-16-29(28)37)34-32(33-20-26-14-9-8-10-15-26)27-17-18-36(21-24(27)3)31(38)22-35(5)6/h8-16,19H,7,17-18,20-22H2,1-6H3,(H,33,34)/b30-12-. The minimum Gasteiger partial charge on any atom is -0.337 e. The lowest BCUT2D eigenvalue weighted by Gasteiger charge is -2.31. The number of likely N-dealkylation sites (N-methyl/N-ethyl adjacent to an activating group) is 1.